The topological polar surface area (TPSA) is 78.4 Å². The van der Waals surface area contributed by atoms with Gasteiger partial charge in [0.15, 0.2) is 0 Å². The summed E-state index contributed by atoms with van der Waals surface area (Å²) in [5.74, 6) is -0.670. The molecular formula is C28H32N2O3. The summed E-state index contributed by atoms with van der Waals surface area (Å²) >= 11 is 0. The van der Waals surface area contributed by atoms with Crippen LogP contribution in [0.15, 0.2) is 66.7 Å². The molecule has 0 saturated heterocycles. The van der Waals surface area contributed by atoms with Gasteiger partial charge in [-0.3, -0.25) is 9.59 Å². The van der Waals surface area contributed by atoms with Crippen molar-refractivity contribution in [2.24, 2.45) is 0 Å². The van der Waals surface area contributed by atoms with E-state index in [0.717, 1.165) is 12.8 Å². The maximum Gasteiger partial charge on any atom is 0.305 e. The smallest absolute Gasteiger partial charge is 0.305 e. The zero-order valence-electron chi connectivity index (χ0n) is 19.1. The van der Waals surface area contributed by atoms with Crippen molar-refractivity contribution in [2.75, 3.05) is 6.54 Å². The van der Waals surface area contributed by atoms with Crippen LogP contribution in [0.4, 0.5) is 0 Å². The van der Waals surface area contributed by atoms with Crippen molar-refractivity contribution in [1.29, 1.82) is 0 Å². The number of amides is 1. The Labute approximate surface area is 195 Å². The molecule has 1 fully saturated rings. The highest BCUT2D eigenvalue weighted by atomic mass is 16.4. The maximum atomic E-state index is 12.2. The molecule has 3 aromatic carbocycles. The third-order valence-electron chi connectivity index (χ3n) is 6.72. The summed E-state index contributed by atoms with van der Waals surface area (Å²) in [5.41, 5.74) is 3.18. The van der Waals surface area contributed by atoms with E-state index in [2.05, 4.69) is 60.0 Å². The first-order chi connectivity index (χ1) is 16.0. The largest absolute Gasteiger partial charge is 0.481 e. The summed E-state index contributed by atoms with van der Waals surface area (Å²) in [7, 11) is 0. The van der Waals surface area contributed by atoms with Gasteiger partial charge in [-0.1, -0.05) is 61.0 Å². The van der Waals surface area contributed by atoms with Crippen molar-refractivity contribution in [3.8, 4) is 0 Å². The summed E-state index contributed by atoms with van der Waals surface area (Å²) in [4.78, 5) is 22.8. The molecule has 1 saturated carbocycles. The predicted octanol–water partition coefficient (Wildman–Crippen LogP) is 5.42. The SMILES string of the molecule is C[C@@H](NC1CCC[C@H](c2ccc(C(=O)NCCC(=O)O)cc2)C1)c1cccc2ccccc12. The highest BCUT2D eigenvalue weighted by Gasteiger charge is 2.25. The van der Waals surface area contributed by atoms with Crippen LogP contribution in [-0.4, -0.2) is 29.6 Å². The van der Waals surface area contributed by atoms with Crippen molar-refractivity contribution in [1.82, 2.24) is 10.6 Å². The van der Waals surface area contributed by atoms with Crippen molar-refractivity contribution >= 4 is 22.6 Å². The van der Waals surface area contributed by atoms with Crippen LogP contribution in [-0.2, 0) is 4.79 Å². The molecule has 1 aliphatic carbocycles. The lowest BCUT2D eigenvalue weighted by atomic mass is 9.80. The Hall–Kier alpha value is -3.18. The van der Waals surface area contributed by atoms with Crippen LogP contribution in [0.2, 0.25) is 0 Å². The molecule has 1 unspecified atom stereocenters. The number of aliphatic carboxylic acids is 1. The molecule has 0 radical (unpaired) electrons. The van der Waals surface area contributed by atoms with Gasteiger partial charge in [0, 0.05) is 24.2 Å². The molecule has 4 rings (SSSR count). The molecule has 0 aromatic heterocycles. The number of benzene rings is 3. The molecule has 0 spiro atoms. The number of rotatable bonds is 8. The van der Waals surface area contributed by atoms with Gasteiger partial charge in [0.1, 0.15) is 0 Å². The number of nitrogens with one attached hydrogen (secondary N) is 2. The summed E-state index contributed by atoms with van der Waals surface area (Å²) in [6, 6.07) is 23.6. The van der Waals surface area contributed by atoms with Crippen LogP contribution >= 0.6 is 0 Å². The Bertz CT molecular complexity index is 1100. The van der Waals surface area contributed by atoms with Crippen molar-refractivity contribution in [2.45, 2.75) is 57.0 Å². The first-order valence-electron chi connectivity index (χ1n) is 11.8. The summed E-state index contributed by atoms with van der Waals surface area (Å²) in [5, 5.41) is 17.8. The molecule has 33 heavy (non-hydrogen) atoms. The number of carboxylic acid groups (broad SMARTS) is 1. The molecule has 5 heteroatoms. The van der Waals surface area contributed by atoms with E-state index in [9.17, 15) is 9.59 Å². The second kappa shape index (κ2) is 10.6. The lowest BCUT2D eigenvalue weighted by Gasteiger charge is -2.32. The maximum absolute atomic E-state index is 12.2. The molecule has 1 aliphatic rings. The number of carbonyl (C=O) groups excluding carboxylic acids is 1. The Balaban J connectivity index is 1.37. The fraction of sp³-hybridized carbons (Fsp3) is 0.357. The van der Waals surface area contributed by atoms with Gasteiger partial charge in [0.2, 0.25) is 0 Å². The fourth-order valence-electron chi connectivity index (χ4n) is 5.01. The van der Waals surface area contributed by atoms with E-state index in [1.165, 1.54) is 34.7 Å². The molecule has 1 amide bonds. The minimum atomic E-state index is -0.916. The second-order valence-electron chi connectivity index (χ2n) is 9.04. The molecule has 3 N–H and O–H groups in total. The van der Waals surface area contributed by atoms with Crippen LogP contribution in [0.25, 0.3) is 10.8 Å². The van der Waals surface area contributed by atoms with Crippen molar-refractivity contribution in [3.05, 3.63) is 83.4 Å². The number of carbonyl (C=O) groups is 2. The van der Waals surface area contributed by atoms with Gasteiger partial charge >= 0.3 is 5.97 Å². The molecule has 0 heterocycles. The van der Waals surface area contributed by atoms with Gasteiger partial charge < -0.3 is 15.7 Å². The number of hydrogen-bond donors (Lipinski definition) is 3. The Morgan fingerprint density at radius 1 is 1.00 bits per heavy atom. The van der Waals surface area contributed by atoms with Crippen LogP contribution in [0, 0.1) is 0 Å². The standard InChI is InChI=1S/C28H32N2O3/c1-19(25-11-5-7-21-6-2-3-10-26(21)25)30-24-9-4-8-23(18-24)20-12-14-22(15-13-20)28(33)29-17-16-27(31)32/h2-3,5-7,10-15,19,23-24,30H,4,8-9,16-18H2,1H3,(H,29,33)(H,31,32)/t19-,23+,24?/m1/s1. The Morgan fingerprint density at radius 3 is 2.55 bits per heavy atom. The monoisotopic (exact) mass is 444 g/mol. The Morgan fingerprint density at radius 2 is 1.76 bits per heavy atom. The quantitative estimate of drug-likeness (QED) is 0.433. The average molecular weight is 445 g/mol. The van der Waals surface area contributed by atoms with Gasteiger partial charge in [-0.2, -0.15) is 0 Å². The minimum absolute atomic E-state index is 0.0719. The summed E-state index contributed by atoms with van der Waals surface area (Å²) in [6.45, 7) is 2.39. The van der Waals surface area contributed by atoms with E-state index in [1.807, 2.05) is 24.3 Å². The van der Waals surface area contributed by atoms with E-state index >= 15 is 0 Å². The number of carboxylic acids is 1. The van der Waals surface area contributed by atoms with Gasteiger partial charge in [-0.05, 0) is 66.1 Å². The molecule has 5 nitrogen and oxygen atoms in total. The molecule has 172 valence electrons. The molecule has 0 bridgehead atoms. The normalized spacial score (nSPS) is 19.2. The van der Waals surface area contributed by atoms with Crippen molar-refractivity contribution in [3.63, 3.8) is 0 Å². The van der Waals surface area contributed by atoms with E-state index in [0.29, 0.717) is 17.5 Å². The van der Waals surface area contributed by atoms with E-state index in [1.54, 1.807) is 0 Å². The van der Waals surface area contributed by atoms with Crippen LogP contribution in [0.1, 0.15) is 72.5 Å². The fourth-order valence-corrected chi connectivity index (χ4v) is 5.01. The molecule has 3 atom stereocenters. The van der Waals surface area contributed by atoms with Gasteiger partial charge in [0.05, 0.1) is 6.42 Å². The van der Waals surface area contributed by atoms with Crippen LogP contribution in [0.5, 0.6) is 0 Å². The lowest BCUT2D eigenvalue weighted by molar-refractivity contribution is -0.136. The highest BCUT2D eigenvalue weighted by molar-refractivity contribution is 5.94. The summed E-state index contributed by atoms with van der Waals surface area (Å²) in [6.07, 6.45) is 4.53. The zero-order chi connectivity index (χ0) is 23.2. The van der Waals surface area contributed by atoms with Gasteiger partial charge in [-0.25, -0.2) is 0 Å². The first-order valence-corrected chi connectivity index (χ1v) is 11.8. The third-order valence-corrected chi connectivity index (χ3v) is 6.72. The average Bonchev–Trinajstić information content (AvgIpc) is 2.83. The van der Waals surface area contributed by atoms with Crippen molar-refractivity contribution < 1.29 is 14.7 Å². The third kappa shape index (κ3) is 5.79. The zero-order valence-corrected chi connectivity index (χ0v) is 19.1. The van der Waals surface area contributed by atoms with Gasteiger partial charge in [-0.15, -0.1) is 0 Å². The van der Waals surface area contributed by atoms with Crippen LogP contribution < -0.4 is 10.6 Å². The first kappa shape index (κ1) is 23.0. The second-order valence-corrected chi connectivity index (χ2v) is 9.04. The number of fused-ring (bicyclic) bond motifs is 1. The predicted molar refractivity (Wildman–Crippen MR) is 132 cm³/mol. The Kier molecular flexibility index (Phi) is 7.40. The molecular weight excluding hydrogens is 412 g/mol. The number of hydrogen-bond acceptors (Lipinski definition) is 3. The van der Waals surface area contributed by atoms with Crippen LogP contribution in [0.3, 0.4) is 0 Å². The van der Waals surface area contributed by atoms with E-state index < -0.39 is 5.97 Å². The minimum Gasteiger partial charge on any atom is -0.481 e. The summed E-state index contributed by atoms with van der Waals surface area (Å²) < 4.78 is 0. The highest BCUT2D eigenvalue weighted by Crippen LogP contribution is 2.34. The molecule has 0 aliphatic heterocycles. The lowest BCUT2D eigenvalue weighted by Crippen LogP contribution is -2.35. The molecule has 3 aromatic rings. The van der Waals surface area contributed by atoms with E-state index in [4.69, 9.17) is 5.11 Å². The van der Waals surface area contributed by atoms with Gasteiger partial charge in [0.25, 0.3) is 5.91 Å². The van der Waals surface area contributed by atoms with E-state index in [-0.39, 0.29) is 24.9 Å².